The van der Waals surface area contributed by atoms with Crippen LogP contribution in [0.4, 0.5) is 0 Å². The summed E-state index contributed by atoms with van der Waals surface area (Å²) in [5.41, 5.74) is 2.16. The van der Waals surface area contributed by atoms with Crippen LogP contribution < -0.4 is 5.32 Å². The summed E-state index contributed by atoms with van der Waals surface area (Å²) < 4.78 is 0. The average Bonchev–Trinajstić information content (AvgIpc) is 2.07. The van der Waals surface area contributed by atoms with Crippen LogP contribution in [0.25, 0.3) is 0 Å². The Bertz CT molecular complexity index is 198. The quantitative estimate of drug-likeness (QED) is 0.602. The topological polar surface area (TPSA) is 12.0 Å². The molecule has 60 valence electrons. The van der Waals surface area contributed by atoms with Crippen molar-refractivity contribution < 1.29 is 0 Å². The summed E-state index contributed by atoms with van der Waals surface area (Å²) in [5.74, 6) is 0. The molecule has 0 heterocycles. The number of benzene rings is 1. The van der Waals surface area contributed by atoms with Crippen LogP contribution in [0.2, 0.25) is 0 Å². The fourth-order valence-corrected chi connectivity index (χ4v) is 1.46. The molecule has 1 aromatic carbocycles. The molecule has 1 N–H and O–H groups in total. The molecule has 0 spiro atoms. The predicted molar refractivity (Wildman–Crippen MR) is 51.8 cm³/mol. The second kappa shape index (κ2) is 4.52. The van der Waals surface area contributed by atoms with Gasteiger partial charge in [0.1, 0.15) is 0 Å². The second-order valence-corrected chi connectivity index (χ2v) is 3.03. The lowest BCUT2D eigenvalue weighted by Crippen LogP contribution is -2.15. The number of hydrogen-bond donors (Lipinski definition) is 1. The zero-order valence-corrected chi connectivity index (χ0v) is 8.14. The summed E-state index contributed by atoms with van der Waals surface area (Å²) in [4.78, 5) is 0. The molecule has 0 saturated heterocycles. The fourth-order valence-electron chi connectivity index (χ4n) is 0.975. The first-order valence-corrected chi connectivity index (χ1v) is 4.81. The Morgan fingerprint density at radius 3 is 2.55 bits per heavy atom. The Hall–Kier alpha value is -0.340. The van der Waals surface area contributed by atoms with Gasteiger partial charge in [-0.3, -0.25) is 0 Å². The summed E-state index contributed by atoms with van der Waals surface area (Å²) in [5, 5.41) is 3.28. The monoisotopic (exact) mass is 213 g/mol. The molecular weight excluding hydrogens is 202 g/mol. The lowest BCUT2D eigenvalue weighted by atomic mass is 10.1. The van der Waals surface area contributed by atoms with E-state index in [0.29, 0.717) is 6.04 Å². The zero-order chi connectivity index (χ0) is 8.10. The molecule has 1 atom stereocenters. The maximum Gasteiger partial charge on any atom is 0.0521 e. The number of nitrogens with one attached hydrogen (secondary N) is 1. The van der Waals surface area contributed by atoms with Gasteiger partial charge in [0.05, 0.1) is 5.45 Å². The first-order valence-electron chi connectivity index (χ1n) is 3.69. The molecular formula is C9H12BrN. The third-order valence-electron chi connectivity index (χ3n) is 1.68. The van der Waals surface area contributed by atoms with Crippen LogP contribution in [0.3, 0.4) is 0 Å². The van der Waals surface area contributed by atoms with E-state index in [1.54, 1.807) is 0 Å². The number of alkyl halides is 1. The van der Waals surface area contributed by atoms with Crippen molar-refractivity contribution in [1.82, 2.24) is 5.32 Å². The van der Waals surface area contributed by atoms with Gasteiger partial charge in [0.2, 0.25) is 0 Å². The van der Waals surface area contributed by atoms with Gasteiger partial charge < -0.3 is 5.32 Å². The van der Waals surface area contributed by atoms with Crippen LogP contribution in [0.1, 0.15) is 18.5 Å². The first-order chi connectivity index (χ1) is 5.34. The molecule has 1 nitrogen and oxygen atoms in total. The molecule has 0 fully saturated rings. The van der Waals surface area contributed by atoms with Gasteiger partial charge in [-0.05, 0) is 12.5 Å². The van der Waals surface area contributed by atoms with Crippen molar-refractivity contribution in [3.05, 3.63) is 35.9 Å². The molecule has 11 heavy (non-hydrogen) atoms. The van der Waals surface area contributed by atoms with Crippen molar-refractivity contribution >= 4 is 15.9 Å². The van der Waals surface area contributed by atoms with Crippen molar-refractivity contribution in [2.24, 2.45) is 0 Å². The number of halogens is 1. The minimum atomic E-state index is 0.426. The summed E-state index contributed by atoms with van der Waals surface area (Å²) in [6.45, 7) is 2.15. The van der Waals surface area contributed by atoms with Crippen LogP contribution in [0, 0.1) is 0 Å². The van der Waals surface area contributed by atoms with Crippen molar-refractivity contribution in [3.63, 3.8) is 0 Å². The second-order valence-electron chi connectivity index (χ2n) is 2.47. The van der Waals surface area contributed by atoms with E-state index in [1.807, 2.05) is 6.07 Å². The normalized spacial score (nSPS) is 12.9. The van der Waals surface area contributed by atoms with Gasteiger partial charge in [-0.2, -0.15) is 0 Å². The smallest absolute Gasteiger partial charge is 0.0521 e. The minimum absolute atomic E-state index is 0.426. The molecule has 0 radical (unpaired) electrons. The summed E-state index contributed by atoms with van der Waals surface area (Å²) >= 11 is 3.34. The fraction of sp³-hybridized carbons (Fsp3) is 0.333. The molecule has 1 rings (SSSR count). The highest BCUT2D eigenvalue weighted by molar-refractivity contribution is 9.09. The van der Waals surface area contributed by atoms with Gasteiger partial charge in [0.15, 0.2) is 0 Å². The Labute approximate surface area is 75.9 Å². The van der Waals surface area contributed by atoms with E-state index < -0.39 is 0 Å². The molecule has 0 amide bonds. The van der Waals surface area contributed by atoms with Crippen LogP contribution in [0.15, 0.2) is 30.3 Å². The number of hydrogen-bond acceptors (Lipinski definition) is 1. The highest BCUT2D eigenvalue weighted by Crippen LogP contribution is 2.10. The Morgan fingerprint density at radius 1 is 1.36 bits per heavy atom. The highest BCUT2D eigenvalue weighted by Gasteiger charge is 2.00. The van der Waals surface area contributed by atoms with Gasteiger partial charge in [-0.25, -0.2) is 0 Å². The van der Waals surface area contributed by atoms with Gasteiger partial charge >= 0.3 is 0 Å². The third kappa shape index (κ3) is 2.64. The highest BCUT2D eigenvalue weighted by atomic mass is 79.9. The van der Waals surface area contributed by atoms with Crippen molar-refractivity contribution in [2.45, 2.75) is 13.0 Å². The molecule has 0 aliphatic heterocycles. The lowest BCUT2D eigenvalue weighted by Gasteiger charge is -2.10. The Balaban J connectivity index is 2.61. The summed E-state index contributed by atoms with van der Waals surface area (Å²) in [7, 11) is 0. The van der Waals surface area contributed by atoms with Gasteiger partial charge in [0, 0.05) is 6.04 Å². The van der Waals surface area contributed by atoms with Crippen molar-refractivity contribution in [1.29, 1.82) is 0 Å². The van der Waals surface area contributed by atoms with E-state index in [4.69, 9.17) is 0 Å². The summed E-state index contributed by atoms with van der Waals surface area (Å²) in [6.07, 6.45) is 0. The van der Waals surface area contributed by atoms with Crippen LogP contribution in [-0.4, -0.2) is 5.45 Å². The minimum Gasteiger partial charge on any atom is -0.301 e. The maximum absolute atomic E-state index is 3.34. The van der Waals surface area contributed by atoms with Crippen molar-refractivity contribution in [3.8, 4) is 0 Å². The largest absolute Gasteiger partial charge is 0.301 e. The zero-order valence-electron chi connectivity index (χ0n) is 6.55. The van der Waals surface area contributed by atoms with Gasteiger partial charge in [-0.15, -0.1) is 0 Å². The Kier molecular flexibility index (Phi) is 3.60. The van der Waals surface area contributed by atoms with Crippen LogP contribution in [-0.2, 0) is 0 Å². The maximum atomic E-state index is 3.34. The van der Waals surface area contributed by atoms with Gasteiger partial charge in [0.25, 0.3) is 0 Å². The van der Waals surface area contributed by atoms with E-state index in [0.717, 1.165) is 5.45 Å². The molecule has 0 bridgehead atoms. The van der Waals surface area contributed by atoms with E-state index in [-0.39, 0.29) is 0 Å². The molecule has 0 aliphatic carbocycles. The van der Waals surface area contributed by atoms with E-state index in [2.05, 4.69) is 52.4 Å². The van der Waals surface area contributed by atoms with E-state index in [9.17, 15) is 0 Å². The van der Waals surface area contributed by atoms with Crippen molar-refractivity contribution in [2.75, 3.05) is 5.45 Å². The predicted octanol–water partition coefficient (Wildman–Crippen LogP) is 2.69. The van der Waals surface area contributed by atoms with E-state index >= 15 is 0 Å². The molecule has 2 heteroatoms. The molecule has 0 aromatic heterocycles. The molecule has 1 aromatic rings. The molecule has 0 aliphatic rings. The van der Waals surface area contributed by atoms with E-state index in [1.165, 1.54) is 5.56 Å². The lowest BCUT2D eigenvalue weighted by molar-refractivity contribution is 0.642. The first kappa shape index (κ1) is 8.75. The molecule has 0 saturated carbocycles. The standard InChI is InChI=1S/C9H12BrN/c1-8(11-7-10)9-5-3-2-4-6-9/h2-6,8,11H,7H2,1H3. The van der Waals surface area contributed by atoms with Gasteiger partial charge in [-0.1, -0.05) is 46.3 Å². The SMILES string of the molecule is CC(NCBr)c1ccccc1. The number of rotatable bonds is 3. The average molecular weight is 214 g/mol. The summed E-state index contributed by atoms with van der Waals surface area (Å²) in [6, 6.07) is 10.8. The molecule has 1 unspecified atom stereocenters. The third-order valence-corrected chi connectivity index (χ3v) is 2.01. The van der Waals surface area contributed by atoms with Crippen LogP contribution >= 0.6 is 15.9 Å². The Morgan fingerprint density at radius 2 is 2.00 bits per heavy atom. The van der Waals surface area contributed by atoms with Crippen LogP contribution in [0.5, 0.6) is 0 Å².